The number of quaternary nitrogens is 1. The average molecular weight is 224 g/mol. The third-order valence-corrected chi connectivity index (χ3v) is 2.75. The van der Waals surface area contributed by atoms with Gasteiger partial charge >= 0.3 is 0 Å². The molecule has 0 unspecified atom stereocenters. The maximum Gasteiger partial charge on any atom is 0.0880 e. The Morgan fingerprint density at radius 3 is 1.45 bits per heavy atom. The van der Waals surface area contributed by atoms with Gasteiger partial charge in [-0.1, -0.05) is 13.8 Å². The van der Waals surface area contributed by atoms with Crippen LogP contribution >= 0.6 is 0 Å². The predicted molar refractivity (Wildman–Crippen MR) is 47.0 cm³/mol. The summed E-state index contributed by atoms with van der Waals surface area (Å²) in [5, 5.41) is 0. The minimum absolute atomic E-state index is 0. The molecule has 0 heterocycles. The van der Waals surface area contributed by atoms with Crippen LogP contribution in [0, 0.1) is 0 Å². The Kier molecular flexibility index (Phi) is 7.65. The molecule has 0 aliphatic heterocycles. The van der Waals surface area contributed by atoms with Crippen molar-refractivity contribution in [2.75, 3.05) is 20.6 Å². The van der Waals surface area contributed by atoms with Crippen LogP contribution in [0.2, 0.25) is 0 Å². The molecule has 0 spiro atoms. The van der Waals surface area contributed by atoms with E-state index in [1.165, 1.54) is 23.9 Å². The van der Waals surface area contributed by atoms with Gasteiger partial charge in [-0.2, -0.15) is 0 Å². The molecular weight excluding hydrogens is 202 g/mol. The third kappa shape index (κ3) is 4.12. The summed E-state index contributed by atoms with van der Waals surface area (Å²) in [7, 11) is 4.63. The second kappa shape index (κ2) is 6.01. The lowest BCUT2D eigenvalue weighted by atomic mass is 10.1. The molecular formula is C9H22BrN. The van der Waals surface area contributed by atoms with Crippen LogP contribution in [0.1, 0.15) is 33.6 Å². The lowest BCUT2D eigenvalue weighted by molar-refractivity contribution is -0.913. The lowest BCUT2D eigenvalue weighted by Gasteiger charge is -2.36. The summed E-state index contributed by atoms with van der Waals surface area (Å²) in [5.74, 6) is 0. The van der Waals surface area contributed by atoms with Gasteiger partial charge < -0.3 is 21.5 Å². The van der Waals surface area contributed by atoms with E-state index >= 15 is 0 Å². The summed E-state index contributed by atoms with van der Waals surface area (Å²) in [6, 6.07) is 0.852. The van der Waals surface area contributed by atoms with Gasteiger partial charge in [0.2, 0.25) is 0 Å². The molecule has 0 aliphatic rings. The quantitative estimate of drug-likeness (QED) is 0.553. The zero-order valence-electron chi connectivity index (χ0n) is 8.52. The zero-order chi connectivity index (χ0) is 8.20. The van der Waals surface area contributed by atoms with Crippen LogP contribution < -0.4 is 17.0 Å². The Morgan fingerprint density at radius 1 is 1.00 bits per heavy atom. The number of hydrogen-bond acceptors (Lipinski definition) is 0. The van der Waals surface area contributed by atoms with E-state index in [-0.39, 0.29) is 17.0 Å². The summed E-state index contributed by atoms with van der Waals surface area (Å²) < 4.78 is 1.17. The van der Waals surface area contributed by atoms with E-state index < -0.39 is 0 Å². The lowest BCUT2D eigenvalue weighted by Crippen LogP contribution is -3.00. The number of hydrogen-bond donors (Lipinski definition) is 0. The first-order valence-corrected chi connectivity index (χ1v) is 4.41. The SMILES string of the molecule is CCC(CC)[N+](C)(C)CC.[Br-]. The minimum atomic E-state index is 0. The predicted octanol–water partition coefficient (Wildman–Crippen LogP) is -0.725. The largest absolute Gasteiger partial charge is 1.00 e. The summed E-state index contributed by atoms with van der Waals surface area (Å²) >= 11 is 0. The van der Waals surface area contributed by atoms with Crippen molar-refractivity contribution in [1.29, 1.82) is 0 Å². The van der Waals surface area contributed by atoms with Crippen molar-refractivity contribution in [2.45, 2.75) is 39.7 Å². The molecule has 0 saturated heterocycles. The monoisotopic (exact) mass is 223 g/mol. The summed E-state index contributed by atoms with van der Waals surface area (Å²) in [4.78, 5) is 0. The highest BCUT2D eigenvalue weighted by Gasteiger charge is 2.21. The van der Waals surface area contributed by atoms with Crippen LogP contribution in [0.5, 0.6) is 0 Å². The highest BCUT2D eigenvalue weighted by molar-refractivity contribution is 4.51. The molecule has 0 atom stereocenters. The smallest absolute Gasteiger partial charge is 0.0880 e. The molecule has 11 heavy (non-hydrogen) atoms. The Bertz CT molecular complexity index is 87.6. The molecule has 0 aromatic carbocycles. The molecule has 0 aliphatic carbocycles. The van der Waals surface area contributed by atoms with E-state index in [1.54, 1.807) is 0 Å². The van der Waals surface area contributed by atoms with Gasteiger partial charge in [-0.3, -0.25) is 0 Å². The summed E-state index contributed by atoms with van der Waals surface area (Å²) in [6.07, 6.45) is 2.61. The highest BCUT2D eigenvalue weighted by Crippen LogP contribution is 2.12. The molecule has 70 valence electrons. The Labute approximate surface area is 82.1 Å². The van der Waals surface area contributed by atoms with Crippen molar-refractivity contribution in [3.05, 3.63) is 0 Å². The van der Waals surface area contributed by atoms with Crippen LogP contribution in [0.3, 0.4) is 0 Å². The van der Waals surface area contributed by atoms with Crippen LogP contribution in [0.25, 0.3) is 0 Å². The molecule has 0 aromatic heterocycles. The first-order valence-electron chi connectivity index (χ1n) is 4.41. The number of rotatable bonds is 4. The number of halogens is 1. The van der Waals surface area contributed by atoms with Gasteiger partial charge in [0.1, 0.15) is 0 Å². The van der Waals surface area contributed by atoms with Crippen molar-refractivity contribution in [2.24, 2.45) is 0 Å². The molecule has 1 nitrogen and oxygen atoms in total. The summed E-state index contributed by atoms with van der Waals surface area (Å²) in [5.41, 5.74) is 0. The van der Waals surface area contributed by atoms with Gasteiger partial charge in [-0.05, 0) is 19.8 Å². The van der Waals surface area contributed by atoms with E-state index in [1.807, 2.05) is 0 Å². The third-order valence-electron chi connectivity index (χ3n) is 2.75. The Morgan fingerprint density at radius 2 is 1.36 bits per heavy atom. The molecule has 0 N–H and O–H groups in total. The first kappa shape index (κ1) is 14.0. The number of nitrogens with zero attached hydrogens (tertiary/aromatic N) is 1. The molecule has 0 rings (SSSR count). The van der Waals surface area contributed by atoms with Crippen molar-refractivity contribution in [3.63, 3.8) is 0 Å². The maximum atomic E-state index is 2.32. The first-order chi connectivity index (χ1) is 4.58. The normalized spacial score (nSPS) is 11.5. The van der Waals surface area contributed by atoms with Gasteiger partial charge in [0.15, 0.2) is 0 Å². The second-order valence-corrected chi connectivity index (χ2v) is 3.57. The standard InChI is InChI=1S/C9H22N.BrH/c1-6-9(7-2)10(4,5)8-3;/h9H,6-8H2,1-5H3;1H/q+1;/p-1. The van der Waals surface area contributed by atoms with Crippen LogP contribution in [-0.2, 0) is 0 Å². The Hall–Kier alpha value is 0.440. The molecule has 0 amide bonds. The van der Waals surface area contributed by atoms with Gasteiger partial charge in [-0.25, -0.2) is 0 Å². The van der Waals surface area contributed by atoms with E-state index in [2.05, 4.69) is 34.9 Å². The fourth-order valence-corrected chi connectivity index (χ4v) is 1.54. The van der Waals surface area contributed by atoms with Crippen molar-refractivity contribution in [1.82, 2.24) is 0 Å². The fourth-order valence-electron chi connectivity index (χ4n) is 1.54. The van der Waals surface area contributed by atoms with E-state index in [9.17, 15) is 0 Å². The van der Waals surface area contributed by atoms with E-state index in [4.69, 9.17) is 0 Å². The van der Waals surface area contributed by atoms with Gasteiger partial charge in [0, 0.05) is 0 Å². The molecule has 0 radical (unpaired) electrons. The topological polar surface area (TPSA) is 0 Å². The Balaban J connectivity index is 0. The maximum absolute atomic E-state index is 2.32. The van der Waals surface area contributed by atoms with E-state index in [0.29, 0.717) is 0 Å². The van der Waals surface area contributed by atoms with Crippen molar-refractivity contribution >= 4 is 0 Å². The van der Waals surface area contributed by atoms with Crippen LogP contribution in [0.4, 0.5) is 0 Å². The molecule has 0 bridgehead atoms. The van der Waals surface area contributed by atoms with Gasteiger partial charge in [0.05, 0.1) is 26.7 Å². The van der Waals surface area contributed by atoms with Crippen LogP contribution in [0.15, 0.2) is 0 Å². The molecule has 0 saturated carbocycles. The second-order valence-electron chi connectivity index (χ2n) is 3.57. The molecule has 0 aromatic rings. The average Bonchev–Trinajstić information content (AvgIpc) is 1.90. The van der Waals surface area contributed by atoms with Crippen molar-refractivity contribution < 1.29 is 21.5 Å². The minimum Gasteiger partial charge on any atom is -1.00 e. The van der Waals surface area contributed by atoms with Gasteiger partial charge in [0.25, 0.3) is 0 Å². The van der Waals surface area contributed by atoms with Gasteiger partial charge in [-0.15, -0.1) is 0 Å². The fraction of sp³-hybridized carbons (Fsp3) is 1.00. The van der Waals surface area contributed by atoms with E-state index in [0.717, 1.165) is 6.04 Å². The highest BCUT2D eigenvalue weighted by atomic mass is 79.9. The molecule has 2 heteroatoms. The molecule has 0 fully saturated rings. The summed E-state index contributed by atoms with van der Waals surface area (Å²) in [6.45, 7) is 8.07. The zero-order valence-corrected chi connectivity index (χ0v) is 10.1. The van der Waals surface area contributed by atoms with Crippen molar-refractivity contribution in [3.8, 4) is 0 Å². The van der Waals surface area contributed by atoms with Crippen LogP contribution in [-0.4, -0.2) is 31.2 Å².